The zero-order valence-electron chi connectivity index (χ0n) is 9.68. The third-order valence-electron chi connectivity index (χ3n) is 3.51. The largest absolute Gasteiger partial charge is 0.479 e. The number of hydrogen-bond acceptors (Lipinski definition) is 5. The summed E-state index contributed by atoms with van der Waals surface area (Å²) in [5.41, 5.74) is 0. The van der Waals surface area contributed by atoms with Crippen LogP contribution in [0.2, 0.25) is 0 Å². The second kappa shape index (κ2) is 4.03. The second-order valence-corrected chi connectivity index (χ2v) is 4.46. The van der Waals surface area contributed by atoms with Gasteiger partial charge in [0, 0.05) is 18.6 Å². The summed E-state index contributed by atoms with van der Waals surface area (Å²) in [6.45, 7) is 1.81. The maximum absolute atomic E-state index is 12.1. The zero-order valence-corrected chi connectivity index (χ0v) is 9.68. The van der Waals surface area contributed by atoms with Crippen molar-refractivity contribution in [3.05, 3.63) is 11.8 Å². The molecule has 2 saturated heterocycles. The molecule has 0 saturated carbocycles. The molecule has 2 fully saturated rings. The number of aromatic nitrogens is 1. The zero-order chi connectivity index (χ0) is 11.8. The van der Waals surface area contributed by atoms with E-state index in [-0.39, 0.29) is 11.7 Å². The fourth-order valence-corrected chi connectivity index (χ4v) is 2.54. The number of piperidine rings is 1. The first-order valence-electron chi connectivity index (χ1n) is 5.84. The van der Waals surface area contributed by atoms with E-state index in [4.69, 9.17) is 9.26 Å². The van der Waals surface area contributed by atoms with Gasteiger partial charge in [-0.25, -0.2) is 0 Å². The Labute approximate surface area is 98.9 Å². The average molecular weight is 237 g/mol. The van der Waals surface area contributed by atoms with Crippen LogP contribution in [0.15, 0.2) is 10.6 Å². The Morgan fingerprint density at radius 1 is 1.71 bits per heavy atom. The van der Waals surface area contributed by atoms with E-state index >= 15 is 0 Å². The van der Waals surface area contributed by atoms with Crippen LogP contribution in [0.5, 0.6) is 5.88 Å². The molecule has 2 aliphatic rings. The molecule has 0 aromatic carbocycles. The summed E-state index contributed by atoms with van der Waals surface area (Å²) in [4.78, 5) is 14.0. The molecule has 17 heavy (non-hydrogen) atoms. The lowest BCUT2D eigenvalue weighted by Crippen LogP contribution is -2.69. The van der Waals surface area contributed by atoms with Crippen molar-refractivity contribution in [1.82, 2.24) is 15.4 Å². The van der Waals surface area contributed by atoms with Crippen molar-refractivity contribution in [1.29, 1.82) is 0 Å². The number of nitrogens with zero attached hydrogens (tertiary/aromatic N) is 2. The number of amides is 1. The van der Waals surface area contributed by atoms with Crippen LogP contribution in [0, 0.1) is 0 Å². The van der Waals surface area contributed by atoms with E-state index in [2.05, 4.69) is 10.5 Å². The molecule has 6 nitrogen and oxygen atoms in total. The molecule has 1 aromatic rings. The molecule has 0 spiro atoms. The minimum atomic E-state index is -0.0919. The second-order valence-electron chi connectivity index (χ2n) is 4.46. The van der Waals surface area contributed by atoms with Crippen LogP contribution >= 0.6 is 0 Å². The van der Waals surface area contributed by atoms with Crippen molar-refractivity contribution < 1.29 is 14.1 Å². The fraction of sp³-hybridized carbons (Fsp3) is 0.636. The number of likely N-dealkylation sites (tertiary alicyclic amines) is 1. The molecular formula is C11H15N3O3. The quantitative estimate of drug-likeness (QED) is 0.799. The normalized spacial score (nSPS) is 27.2. The highest BCUT2D eigenvalue weighted by Gasteiger charge is 2.44. The molecule has 2 atom stereocenters. The van der Waals surface area contributed by atoms with Crippen molar-refractivity contribution in [2.45, 2.75) is 24.9 Å². The van der Waals surface area contributed by atoms with Gasteiger partial charge in [0.1, 0.15) is 0 Å². The van der Waals surface area contributed by atoms with Crippen molar-refractivity contribution in [2.75, 3.05) is 20.2 Å². The molecule has 92 valence electrons. The van der Waals surface area contributed by atoms with Crippen LogP contribution in [0.25, 0.3) is 0 Å². The van der Waals surface area contributed by atoms with Gasteiger partial charge >= 0.3 is 0 Å². The smallest absolute Gasteiger partial charge is 0.292 e. The first-order valence-corrected chi connectivity index (χ1v) is 5.84. The molecule has 1 amide bonds. The average Bonchev–Trinajstić information content (AvgIpc) is 2.79. The van der Waals surface area contributed by atoms with Crippen LogP contribution in [0.3, 0.4) is 0 Å². The molecular weight excluding hydrogens is 222 g/mol. The van der Waals surface area contributed by atoms with Gasteiger partial charge in [-0.1, -0.05) is 0 Å². The number of rotatable bonds is 2. The van der Waals surface area contributed by atoms with Crippen molar-refractivity contribution in [2.24, 2.45) is 0 Å². The van der Waals surface area contributed by atoms with E-state index in [0.717, 1.165) is 25.9 Å². The minimum Gasteiger partial charge on any atom is -0.479 e. The maximum Gasteiger partial charge on any atom is 0.292 e. The number of fused-ring (bicyclic) bond motifs is 1. The molecule has 3 rings (SSSR count). The minimum absolute atomic E-state index is 0.0919. The molecule has 2 aliphatic heterocycles. The predicted molar refractivity (Wildman–Crippen MR) is 58.9 cm³/mol. The lowest BCUT2D eigenvalue weighted by atomic mass is 9.88. The Morgan fingerprint density at radius 2 is 2.59 bits per heavy atom. The van der Waals surface area contributed by atoms with Gasteiger partial charge in [-0.2, -0.15) is 0 Å². The lowest BCUT2D eigenvalue weighted by Gasteiger charge is -2.50. The molecule has 0 bridgehead atoms. The van der Waals surface area contributed by atoms with Crippen molar-refractivity contribution >= 4 is 5.91 Å². The molecule has 6 heteroatoms. The maximum atomic E-state index is 12.1. The van der Waals surface area contributed by atoms with E-state index in [9.17, 15) is 4.79 Å². The van der Waals surface area contributed by atoms with Crippen molar-refractivity contribution in [3.8, 4) is 5.88 Å². The number of ether oxygens (including phenoxy) is 1. The topological polar surface area (TPSA) is 67.6 Å². The van der Waals surface area contributed by atoms with E-state index in [1.54, 1.807) is 0 Å². The monoisotopic (exact) mass is 237 g/mol. The molecule has 0 radical (unpaired) electrons. The molecule has 2 unspecified atom stereocenters. The summed E-state index contributed by atoms with van der Waals surface area (Å²) < 4.78 is 9.86. The summed E-state index contributed by atoms with van der Waals surface area (Å²) in [5, 5.41) is 7.05. The third kappa shape index (κ3) is 1.68. The summed E-state index contributed by atoms with van der Waals surface area (Å²) in [7, 11) is 1.50. The number of carbonyl (C=O) groups is 1. The Balaban J connectivity index is 1.70. The predicted octanol–water partition coefficient (Wildman–Crippen LogP) is 0.260. The highest BCUT2D eigenvalue weighted by Crippen LogP contribution is 2.28. The number of carbonyl (C=O) groups excluding carboxylic acids is 1. The number of hydrogen-bond donors (Lipinski definition) is 1. The Morgan fingerprint density at radius 3 is 3.29 bits per heavy atom. The molecule has 1 N–H and O–H groups in total. The number of nitrogens with one attached hydrogen (secondary N) is 1. The van der Waals surface area contributed by atoms with Crippen LogP contribution < -0.4 is 10.1 Å². The van der Waals surface area contributed by atoms with Gasteiger partial charge in [0.25, 0.3) is 11.8 Å². The van der Waals surface area contributed by atoms with Gasteiger partial charge in [-0.3, -0.25) is 4.79 Å². The summed E-state index contributed by atoms with van der Waals surface area (Å²) in [6.07, 6.45) is 2.18. The van der Waals surface area contributed by atoms with Gasteiger partial charge in [0.15, 0.2) is 0 Å². The van der Waals surface area contributed by atoms with Crippen LogP contribution in [0.1, 0.15) is 23.4 Å². The van der Waals surface area contributed by atoms with Crippen molar-refractivity contribution in [3.63, 3.8) is 0 Å². The van der Waals surface area contributed by atoms with E-state index < -0.39 is 0 Å². The van der Waals surface area contributed by atoms with Gasteiger partial charge in [0.2, 0.25) is 5.76 Å². The molecule has 3 heterocycles. The summed E-state index contributed by atoms with van der Waals surface area (Å²) in [5.74, 6) is 0.504. The molecule has 1 aromatic heterocycles. The first kappa shape index (κ1) is 10.6. The highest BCUT2D eigenvalue weighted by molar-refractivity contribution is 5.92. The number of methoxy groups -OCH3 is 1. The van der Waals surface area contributed by atoms with Gasteiger partial charge in [0.05, 0.1) is 13.2 Å². The van der Waals surface area contributed by atoms with Gasteiger partial charge < -0.3 is 19.5 Å². The first-order chi connectivity index (χ1) is 8.29. The summed E-state index contributed by atoms with van der Waals surface area (Å²) in [6, 6.07) is 2.30. The fourth-order valence-electron chi connectivity index (χ4n) is 2.54. The SMILES string of the molecule is COc1cc(C(=O)N2CC3NCCCC32)on1. The Kier molecular flexibility index (Phi) is 2.51. The third-order valence-corrected chi connectivity index (χ3v) is 3.51. The highest BCUT2D eigenvalue weighted by atomic mass is 16.5. The van der Waals surface area contributed by atoms with Crippen LogP contribution in [-0.4, -0.2) is 48.2 Å². The standard InChI is InChI=1S/C11H15N3O3/c1-16-10-5-9(17-13-10)11(15)14-6-7-8(14)3-2-4-12-7/h5,7-8,12H,2-4,6H2,1H3. The Bertz CT molecular complexity index is 431. The Hall–Kier alpha value is -1.56. The van der Waals surface area contributed by atoms with Crippen LogP contribution in [0.4, 0.5) is 0 Å². The van der Waals surface area contributed by atoms with Crippen LogP contribution in [-0.2, 0) is 0 Å². The van der Waals surface area contributed by atoms with E-state index in [1.807, 2.05) is 4.90 Å². The summed E-state index contributed by atoms with van der Waals surface area (Å²) >= 11 is 0. The van der Waals surface area contributed by atoms with E-state index in [0.29, 0.717) is 18.0 Å². The van der Waals surface area contributed by atoms with Gasteiger partial charge in [-0.05, 0) is 24.5 Å². The van der Waals surface area contributed by atoms with E-state index in [1.165, 1.54) is 13.2 Å². The van der Waals surface area contributed by atoms with Gasteiger partial charge in [-0.15, -0.1) is 0 Å². The molecule has 0 aliphatic carbocycles. The lowest BCUT2D eigenvalue weighted by molar-refractivity contribution is 0.0141.